The van der Waals surface area contributed by atoms with Crippen molar-refractivity contribution in [2.45, 2.75) is 24.8 Å². The van der Waals surface area contributed by atoms with E-state index in [4.69, 9.17) is 4.52 Å². The number of rotatable bonds is 3. The van der Waals surface area contributed by atoms with Crippen LogP contribution in [0.4, 0.5) is 0 Å². The van der Waals surface area contributed by atoms with Crippen LogP contribution < -0.4 is 5.56 Å². The van der Waals surface area contributed by atoms with Gasteiger partial charge in [-0.3, -0.25) is 14.5 Å². The molecule has 2 aromatic heterocycles. The maximum absolute atomic E-state index is 12.6. The second-order valence-electron chi connectivity index (χ2n) is 6.43. The molecule has 0 bridgehead atoms. The molecule has 1 saturated carbocycles. The first kappa shape index (κ1) is 15.1. The molecule has 2 aromatic rings. The maximum atomic E-state index is 12.6. The molecule has 1 N–H and O–H groups in total. The van der Waals surface area contributed by atoms with Crippen molar-refractivity contribution >= 4 is 5.91 Å². The average Bonchev–Trinajstić information content (AvgIpc) is 3.33. The highest BCUT2D eigenvalue weighted by atomic mass is 16.5. The lowest BCUT2D eigenvalue weighted by atomic mass is 10.1. The molecule has 1 aliphatic carbocycles. The van der Waals surface area contributed by atoms with Gasteiger partial charge in [0.2, 0.25) is 5.89 Å². The Morgan fingerprint density at radius 3 is 2.96 bits per heavy atom. The van der Waals surface area contributed by atoms with Gasteiger partial charge in [0.05, 0.1) is 0 Å². The van der Waals surface area contributed by atoms with Gasteiger partial charge in [0.25, 0.3) is 11.5 Å². The van der Waals surface area contributed by atoms with Gasteiger partial charge in [0, 0.05) is 31.7 Å². The van der Waals surface area contributed by atoms with Crippen molar-refractivity contribution in [1.29, 1.82) is 0 Å². The molecular weight excluding hydrogens is 310 g/mol. The third kappa shape index (κ3) is 2.73. The van der Waals surface area contributed by atoms with Gasteiger partial charge < -0.3 is 14.4 Å². The number of likely N-dealkylation sites (N-methyl/N-ethyl adjacent to an activating group) is 1. The minimum absolute atomic E-state index is 0.148. The number of H-pyrrole nitrogens is 1. The molecule has 2 aliphatic rings. The second-order valence-corrected chi connectivity index (χ2v) is 6.43. The van der Waals surface area contributed by atoms with Crippen molar-refractivity contribution in [3.05, 3.63) is 46.0 Å². The van der Waals surface area contributed by atoms with Crippen LogP contribution in [-0.4, -0.2) is 57.5 Å². The van der Waals surface area contributed by atoms with Crippen molar-refractivity contribution in [2.24, 2.45) is 0 Å². The summed E-state index contributed by atoms with van der Waals surface area (Å²) in [7, 11) is 1.98. The van der Waals surface area contributed by atoms with Crippen LogP contribution >= 0.6 is 0 Å². The summed E-state index contributed by atoms with van der Waals surface area (Å²) in [5.41, 5.74) is -0.211. The Bertz CT molecular complexity index is 810. The summed E-state index contributed by atoms with van der Waals surface area (Å²) in [5, 5.41) is 4.06. The number of pyridine rings is 1. The van der Waals surface area contributed by atoms with Gasteiger partial charge in [0.1, 0.15) is 11.6 Å². The number of carbonyl (C=O) groups is 1. The van der Waals surface area contributed by atoms with E-state index in [-0.39, 0.29) is 23.1 Å². The second kappa shape index (κ2) is 5.86. The lowest BCUT2D eigenvalue weighted by Gasteiger charge is -2.37. The predicted molar refractivity (Wildman–Crippen MR) is 84.6 cm³/mol. The summed E-state index contributed by atoms with van der Waals surface area (Å²) >= 11 is 0. The molecule has 0 spiro atoms. The number of amides is 1. The van der Waals surface area contributed by atoms with Crippen molar-refractivity contribution in [3.63, 3.8) is 0 Å². The fourth-order valence-corrected chi connectivity index (χ4v) is 2.98. The Labute approximate surface area is 138 Å². The van der Waals surface area contributed by atoms with Crippen LogP contribution in [0, 0.1) is 0 Å². The predicted octanol–water partition coefficient (Wildman–Crippen LogP) is 0.764. The smallest absolute Gasteiger partial charge is 0.260 e. The third-order valence-electron chi connectivity index (χ3n) is 4.67. The average molecular weight is 329 g/mol. The SMILES string of the molecule is CN1CCN(C(=O)c2ccc[nH]c2=O)C[C@@H]1c1nc(C2CC2)no1. The van der Waals surface area contributed by atoms with E-state index in [0.29, 0.717) is 31.4 Å². The van der Waals surface area contributed by atoms with E-state index < -0.39 is 0 Å². The molecule has 8 heteroatoms. The van der Waals surface area contributed by atoms with E-state index >= 15 is 0 Å². The minimum Gasteiger partial charge on any atom is -0.338 e. The highest BCUT2D eigenvalue weighted by molar-refractivity contribution is 5.93. The number of hydrogen-bond acceptors (Lipinski definition) is 6. The monoisotopic (exact) mass is 329 g/mol. The lowest BCUT2D eigenvalue weighted by molar-refractivity contribution is 0.0487. The molecular formula is C16H19N5O3. The molecule has 0 radical (unpaired) electrons. The van der Waals surface area contributed by atoms with Crippen LogP contribution in [0.5, 0.6) is 0 Å². The van der Waals surface area contributed by atoms with E-state index in [9.17, 15) is 9.59 Å². The fraction of sp³-hybridized carbons (Fsp3) is 0.500. The van der Waals surface area contributed by atoms with E-state index in [0.717, 1.165) is 18.7 Å². The topological polar surface area (TPSA) is 95.3 Å². The Kier molecular flexibility index (Phi) is 3.68. The molecule has 8 nitrogen and oxygen atoms in total. The standard InChI is InChI=1S/C16H19N5O3/c1-20-7-8-21(16(23)11-3-2-6-17-14(11)22)9-12(20)15-18-13(19-24-15)10-4-5-10/h2-3,6,10,12H,4-5,7-9H2,1H3,(H,17,22)/t12-/m1/s1. The first-order chi connectivity index (χ1) is 11.6. The molecule has 24 heavy (non-hydrogen) atoms. The summed E-state index contributed by atoms with van der Waals surface area (Å²) < 4.78 is 5.42. The van der Waals surface area contributed by atoms with Gasteiger partial charge in [-0.05, 0) is 32.0 Å². The third-order valence-corrected chi connectivity index (χ3v) is 4.67. The number of nitrogens with one attached hydrogen (secondary N) is 1. The summed E-state index contributed by atoms with van der Waals surface area (Å²) in [6.45, 7) is 1.67. The van der Waals surface area contributed by atoms with Crippen LogP contribution in [-0.2, 0) is 0 Å². The van der Waals surface area contributed by atoms with E-state index in [2.05, 4.69) is 20.0 Å². The Hall–Kier alpha value is -2.48. The van der Waals surface area contributed by atoms with Gasteiger partial charge in [-0.1, -0.05) is 5.16 Å². The molecule has 0 aromatic carbocycles. The quantitative estimate of drug-likeness (QED) is 0.893. The zero-order chi connectivity index (χ0) is 16.7. The highest BCUT2D eigenvalue weighted by Crippen LogP contribution is 2.38. The van der Waals surface area contributed by atoms with Crippen molar-refractivity contribution in [3.8, 4) is 0 Å². The zero-order valence-electron chi connectivity index (χ0n) is 13.4. The Morgan fingerprint density at radius 2 is 2.21 bits per heavy atom. The number of aromatic nitrogens is 3. The van der Waals surface area contributed by atoms with E-state index in [1.54, 1.807) is 17.0 Å². The molecule has 1 atom stereocenters. The van der Waals surface area contributed by atoms with Crippen molar-refractivity contribution < 1.29 is 9.32 Å². The van der Waals surface area contributed by atoms with E-state index in [1.165, 1.54) is 6.20 Å². The maximum Gasteiger partial charge on any atom is 0.260 e. The molecule has 1 saturated heterocycles. The molecule has 3 heterocycles. The minimum atomic E-state index is -0.369. The molecule has 4 rings (SSSR count). The molecule has 0 unspecified atom stereocenters. The van der Waals surface area contributed by atoms with Gasteiger partial charge >= 0.3 is 0 Å². The van der Waals surface area contributed by atoms with Crippen molar-refractivity contribution in [1.82, 2.24) is 24.9 Å². The number of piperazine rings is 1. The molecule has 2 fully saturated rings. The first-order valence-electron chi connectivity index (χ1n) is 8.14. The summed E-state index contributed by atoms with van der Waals surface area (Å²) in [6.07, 6.45) is 3.74. The molecule has 1 aliphatic heterocycles. The van der Waals surface area contributed by atoms with Crippen LogP contribution in [0.1, 0.15) is 46.9 Å². The number of carbonyl (C=O) groups excluding carboxylic acids is 1. The van der Waals surface area contributed by atoms with E-state index in [1.807, 2.05) is 7.05 Å². The number of aromatic amines is 1. The van der Waals surface area contributed by atoms with Crippen LogP contribution in [0.15, 0.2) is 27.6 Å². The Morgan fingerprint density at radius 1 is 1.38 bits per heavy atom. The lowest BCUT2D eigenvalue weighted by Crippen LogP contribution is -2.49. The van der Waals surface area contributed by atoms with Crippen molar-refractivity contribution in [2.75, 3.05) is 26.7 Å². The Balaban J connectivity index is 1.54. The zero-order valence-corrected chi connectivity index (χ0v) is 13.4. The largest absolute Gasteiger partial charge is 0.338 e. The fourth-order valence-electron chi connectivity index (χ4n) is 2.98. The highest BCUT2D eigenvalue weighted by Gasteiger charge is 2.35. The number of hydrogen-bond donors (Lipinski definition) is 1. The van der Waals surface area contributed by atoms with Crippen LogP contribution in [0.25, 0.3) is 0 Å². The summed E-state index contributed by atoms with van der Waals surface area (Å²) in [4.78, 5) is 35.3. The van der Waals surface area contributed by atoms with Gasteiger partial charge in [-0.15, -0.1) is 0 Å². The van der Waals surface area contributed by atoms with Crippen LogP contribution in [0.2, 0.25) is 0 Å². The molecule has 1 amide bonds. The summed E-state index contributed by atoms with van der Waals surface area (Å²) in [5.74, 6) is 1.47. The van der Waals surface area contributed by atoms with Gasteiger partial charge in [-0.2, -0.15) is 4.98 Å². The van der Waals surface area contributed by atoms with Gasteiger partial charge in [-0.25, -0.2) is 0 Å². The normalized spacial score (nSPS) is 21.9. The van der Waals surface area contributed by atoms with Crippen LogP contribution in [0.3, 0.4) is 0 Å². The van der Waals surface area contributed by atoms with Gasteiger partial charge in [0.15, 0.2) is 5.82 Å². The summed E-state index contributed by atoms with van der Waals surface area (Å²) in [6, 6.07) is 3.06. The molecule has 126 valence electrons. The first-order valence-corrected chi connectivity index (χ1v) is 8.14. The number of nitrogens with zero attached hydrogens (tertiary/aromatic N) is 4.